The molecule has 1 aliphatic rings. The second-order valence-corrected chi connectivity index (χ2v) is 9.03. The molecule has 30 heavy (non-hydrogen) atoms. The summed E-state index contributed by atoms with van der Waals surface area (Å²) in [5.41, 5.74) is -0.546. The molecule has 1 fully saturated rings. The quantitative estimate of drug-likeness (QED) is 0.630. The molecule has 1 saturated heterocycles. The van der Waals surface area contributed by atoms with E-state index in [1.54, 1.807) is 28.8 Å². The van der Waals surface area contributed by atoms with Gasteiger partial charge in [-0.05, 0) is 43.2 Å². The highest BCUT2D eigenvalue weighted by Gasteiger charge is 2.37. The number of imidazole rings is 1. The summed E-state index contributed by atoms with van der Waals surface area (Å²) in [6.07, 6.45) is -4.37. The predicted octanol–water partition coefficient (Wildman–Crippen LogP) is 3.51. The summed E-state index contributed by atoms with van der Waals surface area (Å²) in [7, 11) is -4.23. The van der Waals surface area contributed by atoms with Crippen LogP contribution in [0.15, 0.2) is 52.2 Å². The molecular formula is C19H17F4N3O3S. The van der Waals surface area contributed by atoms with Crippen LogP contribution in [0.1, 0.15) is 24.4 Å². The molecule has 0 unspecified atom stereocenters. The van der Waals surface area contributed by atoms with Crippen LogP contribution < -0.4 is 5.69 Å². The standard InChI is InChI=1S/C19H17F4N3O3S/c20-15-6-5-13(11-14(15)19(21,22)23)30(28,29)25-9-7-12(8-10-25)26-17-4-2-1-3-16(17)24-18(26)27/h1-6,11-12H,7-10H2,(H,24,27). The van der Waals surface area contributed by atoms with Crippen molar-refractivity contribution >= 4 is 21.1 Å². The Morgan fingerprint density at radius 3 is 2.37 bits per heavy atom. The Kier molecular flexibility index (Phi) is 4.97. The van der Waals surface area contributed by atoms with E-state index in [-0.39, 0.29) is 24.8 Å². The topological polar surface area (TPSA) is 75.2 Å². The van der Waals surface area contributed by atoms with Crippen molar-refractivity contribution in [1.29, 1.82) is 0 Å². The molecular weight excluding hydrogens is 426 g/mol. The van der Waals surface area contributed by atoms with Crippen molar-refractivity contribution in [3.8, 4) is 0 Å². The van der Waals surface area contributed by atoms with Crippen molar-refractivity contribution in [2.24, 2.45) is 0 Å². The maximum absolute atomic E-state index is 13.5. The molecule has 6 nitrogen and oxygen atoms in total. The van der Waals surface area contributed by atoms with Crippen LogP contribution in [0.5, 0.6) is 0 Å². The van der Waals surface area contributed by atoms with E-state index < -0.39 is 32.5 Å². The van der Waals surface area contributed by atoms with Gasteiger partial charge in [0.15, 0.2) is 0 Å². The molecule has 1 N–H and O–H groups in total. The van der Waals surface area contributed by atoms with Crippen LogP contribution in [0.2, 0.25) is 0 Å². The zero-order valence-electron chi connectivity index (χ0n) is 15.5. The molecule has 2 aromatic carbocycles. The number of nitrogens with zero attached hydrogens (tertiary/aromatic N) is 2. The number of aromatic amines is 1. The second-order valence-electron chi connectivity index (χ2n) is 7.09. The first-order valence-electron chi connectivity index (χ1n) is 9.15. The van der Waals surface area contributed by atoms with E-state index in [4.69, 9.17) is 0 Å². The molecule has 1 aromatic heterocycles. The lowest BCUT2D eigenvalue weighted by atomic mass is 10.1. The third-order valence-electron chi connectivity index (χ3n) is 5.29. The van der Waals surface area contributed by atoms with Gasteiger partial charge in [-0.1, -0.05) is 12.1 Å². The van der Waals surface area contributed by atoms with Gasteiger partial charge >= 0.3 is 11.9 Å². The van der Waals surface area contributed by atoms with Crippen molar-refractivity contribution in [3.63, 3.8) is 0 Å². The molecule has 0 bridgehead atoms. The number of aromatic nitrogens is 2. The molecule has 0 spiro atoms. The number of fused-ring (bicyclic) bond motifs is 1. The number of nitrogens with one attached hydrogen (secondary N) is 1. The zero-order chi connectivity index (χ0) is 21.7. The Bertz CT molecular complexity index is 1260. The van der Waals surface area contributed by atoms with Crippen LogP contribution in [0, 0.1) is 5.82 Å². The van der Waals surface area contributed by atoms with Crippen LogP contribution in [0.3, 0.4) is 0 Å². The largest absolute Gasteiger partial charge is 0.419 e. The van der Waals surface area contributed by atoms with E-state index in [2.05, 4.69) is 4.98 Å². The van der Waals surface area contributed by atoms with Gasteiger partial charge in [0.2, 0.25) is 10.0 Å². The summed E-state index contributed by atoms with van der Waals surface area (Å²) in [6, 6.07) is 8.53. The van der Waals surface area contributed by atoms with Crippen LogP contribution in [0.4, 0.5) is 17.6 Å². The number of H-pyrrole nitrogens is 1. The Labute approximate surface area is 168 Å². The first-order valence-corrected chi connectivity index (χ1v) is 10.6. The highest BCUT2D eigenvalue weighted by molar-refractivity contribution is 7.89. The first kappa shape index (κ1) is 20.6. The number of halogens is 4. The van der Waals surface area contributed by atoms with Gasteiger partial charge in [-0.15, -0.1) is 0 Å². The highest BCUT2D eigenvalue weighted by atomic mass is 32.2. The van der Waals surface area contributed by atoms with Crippen LogP contribution in [0.25, 0.3) is 11.0 Å². The fourth-order valence-electron chi connectivity index (χ4n) is 3.81. The number of benzene rings is 2. The van der Waals surface area contributed by atoms with E-state index >= 15 is 0 Å². The predicted molar refractivity (Wildman–Crippen MR) is 101 cm³/mol. The third kappa shape index (κ3) is 3.52. The summed E-state index contributed by atoms with van der Waals surface area (Å²) >= 11 is 0. The fraction of sp³-hybridized carbons (Fsp3) is 0.316. The van der Waals surface area contributed by atoms with Crippen LogP contribution in [-0.4, -0.2) is 35.4 Å². The Balaban J connectivity index is 1.58. The fourth-order valence-corrected chi connectivity index (χ4v) is 5.31. The molecule has 3 aromatic rings. The van der Waals surface area contributed by atoms with Crippen molar-refractivity contribution < 1.29 is 26.0 Å². The lowest BCUT2D eigenvalue weighted by molar-refractivity contribution is -0.140. The van der Waals surface area contributed by atoms with Gasteiger partial charge in [0.05, 0.1) is 21.5 Å². The van der Waals surface area contributed by atoms with E-state index in [1.165, 1.54) is 0 Å². The van der Waals surface area contributed by atoms with Crippen LogP contribution in [-0.2, 0) is 16.2 Å². The van der Waals surface area contributed by atoms with Gasteiger partial charge in [0, 0.05) is 19.1 Å². The maximum atomic E-state index is 13.5. The minimum atomic E-state index is -5.00. The van der Waals surface area contributed by atoms with Crippen molar-refractivity contribution in [2.75, 3.05) is 13.1 Å². The lowest BCUT2D eigenvalue weighted by Gasteiger charge is -2.31. The molecule has 0 amide bonds. The van der Waals surface area contributed by atoms with Gasteiger partial charge in [-0.2, -0.15) is 17.5 Å². The Morgan fingerprint density at radius 1 is 1.03 bits per heavy atom. The maximum Gasteiger partial charge on any atom is 0.419 e. The van der Waals surface area contributed by atoms with Gasteiger partial charge in [0.1, 0.15) is 5.82 Å². The molecule has 160 valence electrons. The minimum absolute atomic E-state index is 0.0255. The molecule has 1 aliphatic heterocycles. The van der Waals surface area contributed by atoms with Crippen molar-refractivity contribution in [1.82, 2.24) is 13.9 Å². The average molecular weight is 443 g/mol. The molecule has 0 saturated carbocycles. The normalized spacial score (nSPS) is 16.9. The van der Waals surface area contributed by atoms with E-state index in [9.17, 15) is 30.8 Å². The van der Waals surface area contributed by atoms with Crippen LogP contribution >= 0.6 is 0 Å². The van der Waals surface area contributed by atoms with Gasteiger partial charge < -0.3 is 4.98 Å². The SMILES string of the molecule is O=c1[nH]c2ccccc2n1C1CCN(S(=O)(=O)c2ccc(F)c(C(F)(F)F)c2)CC1. The number of para-hydroxylation sites is 2. The van der Waals surface area contributed by atoms with Gasteiger partial charge in [-0.3, -0.25) is 4.57 Å². The van der Waals surface area contributed by atoms with E-state index in [0.29, 0.717) is 36.0 Å². The molecule has 11 heteroatoms. The highest BCUT2D eigenvalue weighted by Crippen LogP contribution is 2.34. The number of rotatable bonds is 3. The smallest absolute Gasteiger partial charge is 0.306 e. The van der Waals surface area contributed by atoms with E-state index in [1.807, 2.05) is 0 Å². The summed E-state index contributed by atoms with van der Waals surface area (Å²) in [4.78, 5) is 14.5. The monoisotopic (exact) mass is 443 g/mol. The number of hydrogen-bond acceptors (Lipinski definition) is 3. The third-order valence-corrected chi connectivity index (χ3v) is 7.19. The summed E-state index contributed by atoms with van der Waals surface area (Å²) < 4.78 is 80.6. The minimum Gasteiger partial charge on any atom is -0.306 e. The molecule has 2 heterocycles. The average Bonchev–Trinajstić information content (AvgIpc) is 3.03. The summed E-state index contributed by atoms with van der Waals surface area (Å²) in [6.45, 7) is 0.0509. The van der Waals surface area contributed by atoms with Gasteiger partial charge in [-0.25, -0.2) is 17.6 Å². The molecule has 0 radical (unpaired) electrons. The number of hydrogen-bond donors (Lipinski definition) is 1. The Hall–Kier alpha value is -2.66. The van der Waals surface area contributed by atoms with Gasteiger partial charge in [0.25, 0.3) is 0 Å². The van der Waals surface area contributed by atoms with Crippen molar-refractivity contribution in [3.05, 3.63) is 64.3 Å². The van der Waals surface area contributed by atoms with E-state index in [0.717, 1.165) is 10.4 Å². The number of piperidine rings is 1. The zero-order valence-corrected chi connectivity index (χ0v) is 16.3. The lowest BCUT2D eigenvalue weighted by Crippen LogP contribution is -2.40. The molecule has 0 aliphatic carbocycles. The molecule has 4 rings (SSSR count). The Morgan fingerprint density at radius 2 is 1.70 bits per heavy atom. The number of sulfonamides is 1. The molecule has 0 atom stereocenters. The summed E-state index contributed by atoms with van der Waals surface area (Å²) in [5.74, 6) is -1.53. The second kappa shape index (κ2) is 7.24. The van der Waals surface area contributed by atoms with Crippen molar-refractivity contribution in [2.45, 2.75) is 30.0 Å². The number of alkyl halides is 3. The first-order chi connectivity index (χ1) is 14.1. The summed E-state index contributed by atoms with van der Waals surface area (Å²) in [5, 5.41) is 0.